The molecule has 2 aromatic carbocycles. The van der Waals surface area contributed by atoms with Gasteiger partial charge in [0.2, 0.25) is 10.0 Å². The Labute approximate surface area is 140 Å². The standard InChI is InChI=1S/C17H18FNO4S/c1-12(13-6-4-3-5-7-13)11-19-24(21,22)16-10-14(17(20)23-2)8-9-15(16)18/h3-10,12,19H,11H2,1-2H3/t12-/m1/s1. The molecule has 0 saturated heterocycles. The van der Waals surface area contributed by atoms with E-state index in [0.29, 0.717) is 0 Å². The van der Waals surface area contributed by atoms with Crippen LogP contribution in [0.25, 0.3) is 0 Å². The second-order valence-corrected chi connectivity index (χ2v) is 7.04. The van der Waals surface area contributed by atoms with Gasteiger partial charge >= 0.3 is 5.97 Å². The summed E-state index contributed by atoms with van der Waals surface area (Å²) in [6, 6.07) is 12.4. The molecule has 0 bridgehead atoms. The molecule has 0 radical (unpaired) electrons. The summed E-state index contributed by atoms with van der Waals surface area (Å²) >= 11 is 0. The fraction of sp³-hybridized carbons (Fsp3) is 0.235. The molecule has 2 rings (SSSR count). The topological polar surface area (TPSA) is 72.5 Å². The molecule has 0 aliphatic heterocycles. The Morgan fingerprint density at radius 1 is 1.21 bits per heavy atom. The zero-order valence-electron chi connectivity index (χ0n) is 13.3. The van der Waals surface area contributed by atoms with Crippen LogP contribution in [0.15, 0.2) is 53.4 Å². The summed E-state index contributed by atoms with van der Waals surface area (Å²) in [7, 11) is -2.92. The highest BCUT2D eigenvalue weighted by atomic mass is 32.2. The first-order valence-corrected chi connectivity index (χ1v) is 8.76. The van der Waals surface area contributed by atoms with Gasteiger partial charge in [-0.15, -0.1) is 0 Å². The fourth-order valence-corrected chi connectivity index (χ4v) is 3.40. The molecule has 0 amide bonds. The Kier molecular flexibility index (Phi) is 5.69. The molecule has 2 aromatic rings. The van der Waals surface area contributed by atoms with E-state index in [0.717, 1.165) is 17.7 Å². The van der Waals surface area contributed by atoms with Crippen molar-refractivity contribution in [3.63, 3.8) is 0 Å². The van der Waals surface area contributed by atoms with Crippen molar-refractivity contribution in [1.82, 2.24) is 4.72 Å². The van der Waals surface area contributed by atoms with E-state index in [-0.39, 0.29) is 18.0 Å². The van der Waals surface area contributed by atoms with E-state index in [9.17, 15) is 17.6 Å². The van der Waals surface area contributed by atoms with Crippen molar-refractivity contribution in [3.05, 3.63) is 65.5 Å². The van der Waals surface area contributed by atoms with Crippen LogP contribution in [0.1, 0.15) is 28.8 Å². The maximum Gasteiger partial charge on any atom is 0.337 e. The summed E-state index contributed by atoms with van der Waals surface area (Å²) in [5.74, 6) is -1.75. The van der Waals surface area contributed by atoms with Crippen molar-refractivity contribution in [2.75, 3.05) is 13.7 Å². The number of esters is 1. The van der Waals surface area contributed by atoms with Crippen LogP contribution >= 0.6 is 0 Å². The molecule has 0 aliphatic carbocycles. The second-order valence-electron chi connectivity index (χ2n) is 5.30. The molecule has 5 nitrogen and oxygen atoms in total. The third kappa shape index (κ3) is 4.18. The SMILES string of the molecule is COC(=O)c1ccc(F)c(S(=O)(=O)NC[C@@H](C)c2ccccc2)c1. The van der Waals surface area contributed by atoms with E-state index in [1.807, 2.05) is 37.3 Å². The first kappa shape index (κ1) is 18.1. The molecule has 0 aromatic heterocycles. The van der Waals surface area contributed by atoms with Gasteiger partial charge < -0.3 is 4.74 Å². The van der Waals surface area contributed by atoms with E-state index in [1.54, 1.807) is 0 Å². The molecule has 24 heavy (non-hydrogen) atoms. The number of rotatable bonds is 6. The fourth-order valence-electron chi connectivity index (χ4n) is 2.17. The number of hydrogen-bond donors (Lipinski definition) is 1. The van der Waals surface area contributed by atoms with E-state index in [1.165, 1.54) is 13.2 Å². The molecule has 0 spiro atoms. The van der Waals surface area contributed by atoms with Crippen LogP contribution in [-0.2, 0) is 14.8 Å². The summed E-state index contributed by atoms with van der Waals surface area (Å²) in [5, 5.41) is 0. The second kappa shape index (κ2) is 7.55. The van der Waals surface area contributed by atoms with Gasteiger partial charge in [0.05, 0.1) is 12.7 Å². The van der Waals surface area contributed by atoms with Gasteiger partial charge in [0.15, 0.2) is 0 Å². The molecule has 0 saturated carbocycles. The van der Waals surface area contributed by atoms with Gasteiger partial charge in [-0.2, -0.15) is 0 Å². The monoisotopic (exact) mass is 351 g/mol. The number of halogens is 1. The zero-order valence-corrected chi connectivity index (χ0v) is 14.1. The number of ether oxygens (including phenoxy) is 1. The average Bonchev–Trinajstić information content (AvgIpc) is 2.60. The zero-order chi connectivity index (χ0) is 17.7. The highest BCUT2D eigenvalue weighted by molar-refractivity contribution is 7.89. The van der Waals surface area contributed by atoms with Gasteiger partial charge in [-0.1, -0.05) is 37.3 Å². The molecule has 7 heteroatoms. The smallest absolute Gasteiger partial charge is 0.337 e. The van der Waals surface area contributed by atoms with Gasteiger partial charge in [-0.3, -0.25) is 0 Å². The first-order chi connectivity index (χ1) is 11.3. The highest BCUT2D eigenvalue weighted by Gasteiger charge is 2.22. The Morgan fingerprint density at radius 2 is 1.88 bits per heavy atom. The van der Waals surface area contributed by atoms with Crippen LogP contribution in [0, 0.1) is 5.82 Å². The van der Waals surface area contributed by atoms with Gasteiger partial charge in [-0.05, 0) is 29.7 Å². The summed E-state index contributed by atoms with van der Waals surface area (Å²) < 4.78 is 45.5. The number of carbonyl (C=O) groups excluding carboxylic acids is 1. The minimum atomic E-state index is -4.09. The minimum Gasteiger partial charge on any atom is -0.465 e. The molecule has 0 fully saturated rings. The van der Waals surface area contributed by atoms with Crippen molar-refractivity contribution in [2.24, 2.45) is 0 Å². The van der Waals surface area contributed by atoms with E-state index in [4.69, 9.17) is 0 Å². The number of carbonyl (C=O) groups is 1. The van der Waals surface area contributed by atoms with Gasteiger partial charge in [0.25, 0.3) is 0 Å². The molecule has 0 unspecified atom stereocenters. The van der Waals surface area contributed by atoms with Gasteiger partial charge in [0.1, 0.15) is 10.7 Å². The quantitative estimate of drug-likeness (QED) is 0.812. The Morgan fingerprint density at radius 3 is 2.50 bits per heavy atom. The van der Waals surface area contributed by atoms with E-state index in [2.05, 4.69) is 9.46 Å². The maximum atomic E-state index is 13.9. The normalized spacial score (nSPS) is 12.6. The predicted molar refractivity (Wildman–Crippen MR) is 87.8 cm³/mol. The summed E-state index contributed by atoms with van der Waals surface area (Å²) in [4.78, 5) is 10.9. The summed E-state index contributed by atoms with van der Waals surface area (Å²) in [6.07, 6.45) is 0. The molecule has 0 heterocycles. The van der Waals surface area contributed by atoms with E-state index < -0.39 is 26.7 Å². The maximum absolute atomic E-state index is 13.9. The number of hydrogen-bond acceptors (Lipinski definition) is 4. The third-order valence-electron chi connectivity index (χ3n) is 3.59. The molecule has 1 atom stereocenters. The molecule has 128 valence electrons. The van der Waals surface area contributed by atoms with Crippen molar-refractivity contribution >= 4 is 16.0 Å². The average molecular weight is 351 g/mol. The molecular formula is C17H18FNO4S. The lowest BCUT2D eigenvalue weighted by atomic mass is 10.0. The Hall–Kier alpha value is -2.25. The summed E-state index contributed by atoms with van der Waals surface area (Å²) in [5.41, 5.74) is 0.930. The van der Waals surface area contributed by atoms with Crippen molar-refractivity contribution < 1.29 is 22.3 Å². The van der Waals surface area contributed by atoms with Gasteiger partial charge in [0, 0.05) is 6.54 Å². The van der Waals surface area contributed by atoms with Crippen LogP contribution in [0.2, 0.25) is 0 Å². The molecule has 1 N–H and O–H groups in total. The van der Waals surface area contributed by atoms with Crippen LogP contribution < -0.4 is 4.72 Å². The van der Waals surface area contributed by atoms with Crippen LogP contribution in [0.4, 0.5) is 4.39 Å². The Bertz CT molecular complexity index is 822. The number of sulfonamides is 1. The Balaban J connectivity index is 2.20. The summed E-state index contributed by atoms with van der Waals surface area (Å²) in [6.45, 7) is 1.97. The van der Waals surface area contributed by atoms with E-state index >= 15 is 0 Å². The number of methoxy groups -OCH3 is 1. The molecular weight excluding hydrogens is 333 g/mol. The predicted octanol–water partition coefficient (Wildman–Crippen LogP) is 2.69. The van der Waals surface area contributed by atoms with Crippen molar-refractivity contribution in [2.45, 2.75) is 17.7 Å². The van der Waals surface area contributed by atoms with Crippen molar-refractivity contribution in [1.29, 1.82) is 0 Å². The lowest BCUT2D eigenvalue weighted by molar-refractivity contribution is 0.0600. The largest absolute Gasteiger partial charge is 0.465 e. The number of nitrogens with one attached hydrogen (secondary N) is 1. The van der Waals surface area contributed by atoms with Crippen molar-refractivity contribution in [3.8, 4) is 0 Å². The lowest BCUT2D eigenvalue weighted by Gasteiger charge is -2.14. The first-order valence-electron chi connectivity index (χ1n) is 7.27. The van der Waals surface area contributed by atoms with Crippen LogP contribution in [-0.4, -0.2) is 28.0 Å². The number of benzene rings is 2. The lowest BCUT2D eigenvalue weighted by Crippen LogP contribution is -2.28. The van der Waals surface area contributed by atoms with Gasteiger partial charge in [-0.25, -0.2) is 22.3 Å². The minimum absolute atomic E-state index is 0.0321. The molecule has 0 aliphatic rings. The third-order valence-corrected chi connectivity index (χ3v) is 5.03. The highest BCUT2D eigenvalue weighted by Crippen LogP contribution is 2.19. The van der Waals surface area contributed by atoms with Crippen LogP contribution in [0.5, 0.6) is 0 Å². The van der Waals surface area contributed by atoms with Crippen LogP contribution in [0.3, 0.4) is 0 Å².